The maximum absolute atomic E-state index is 5.63. The van der Waals surface area contributed by atoms with Crippen LogP contribution in [-0.2, 0) is 6.54 Å². The van der Waals surface area contributed by atoms with E-state index in [0.717, 1.165) is 37.6 Å². The van der Waals surface area contributed by atoms with E-state index in [9.17, 15) is 0 Å². The second kappa shape index (κ2) is 4.06. The van der Waals surface area contributed by atoms with E-state index in [-0.39, 0.29) is 0 Å². The average molecular weight is 196 g/mol. The molecule has 0 saturated carbocycles. The molecule has 0 aliphatic carbocycles. The van der Waals surface area contributed by atoms with Crippen LogP contribution >= 0.6 is 0 Å². The zero-order valence-electron chi connectivity index (χ0n) is 8.44. The summed E-state index contributed by atoms with van der Waals surface area (Å²) >= 11 is 0. The minimum absolute atomic E-state index is 0.648. The second-order valence-corrected chi connectivity index (χ2v) is 3.92. The van der Waals surface area contributed by atoms with Crippen LogP contribution in [0.2, 0.25) is 0 Å². The molecular formula is C9H16N4O. The minimum atomic E-state index is 0.648. The number of nitrogens with zero attached hydrogens (tertiary/aromatic N) is 3. The fraction of sp³-hybridized carbons (Fsp3) is 0.778. The molecule has 1 aromatic heterocycles. The zero-order chi connectivity index (χ0) is 9.97. The molecule has 0 amide bonds. The molecule has 78 valence electrons. The molecule has 5 heteroatoms. The van der Waals surface area contributed by atoms with Crippen LogP contribution in [0.15, 0.2) is 4.63 Å². The second-order valence-electron chi connectivity index (χ2n) is 3.92. The van der Waals surface area contributed by atoms with Crippen LogP contribution in [-0.4, -0.2) is 34.8 Å². The van der Waals surface area contributed by atoms with Crippen molar-refractivity contribution in [3.05, 3.63) is 11.4 Å². The van der Waals surface area contributed by atoms with Gasteiger partial charge in [-0.15, -0.1) is 0 Å². The van der Waals surface area contributed by atoms with E-state index in [2.05, 4.69) is 19.8 Å². The summed E-state index contributed by atoms with van der Waals surface area (Å²) in [5.41, 5.74) is 7.46. The molecule has 0 bridgehead atoms. The third kappa shape index (κ3) is 1.93. The predicted molar refractivity (Wildman–Crippen MR) is 51.5 cm³/mol. The molecule has 2 rings (SSSR count). The summed E-state index contributed by atoms with van der Waals surface area (Å²) in [6.07, 6.45) is 1.20. The van der Waals surface area contributed by atoms with Crippen LogP contribution in [0.25, 0.3) is 0 Å². The maximum atomic E-state index is 5.63. The van der Waals surface area contributed by atoms with Crippen molar-refractivity contribution in [3.63, 3.8) is 0 Å². The van der Waals surface area contributed by atoms with Crippen molar-refractivity contribution in [2.45, 2.75) is 19.9 Å². The fourth-order valence-electron chi connectivity index (χ4n) is 1.85. The van der Waals surface area contributed by atoms with Crippen LogP contribution in [0, 0.1) is 12.8 Å². The van der Waals surface area contributed by atoms with Crippen molar-refractivity contribution < 1.29 is 4.63 Å². The minimum Gasteiger partial charge on any atom is -0.330 e. The van der Waals surface area contributed by atoms with Gasteiger partial charge in [0.1, 0.15) is 11.4 Å². The highest BCUT2D eigenvalue weighted by Crippen LogP contribution is 2.17. The van der Waals surface area contributed by atoms with Gasteiger partial charge < -0.3 is 5.73 Å². The molecule has 1 aliphatic heterocycles. The summed E-state index contributed by atoms with van der Waals surface area (Å²) in [5.74, 6) is 0.648. The molecule has 1 fully saturated rings. The molecule has 5 nitrogen and oxygen atoms in total. The molecule has 2 N–H and O–H groups in total. The van der Waals surface area contributed by atoms with Crippen molar-refractivity contribution >= 4 is 0 Å². The van der Waals surface area contributed by atoms with E-state index < -0.39 is 0 Å². The first kappa shape index (κ1) is 9.61. The monoisotopic (exact) mass is 196 g/mol. The highest BCUT2D eigenvalue weighted by atomic mass is 16.6. The molecule has 0 radical (unpaired) electrons. The average Bonchev–Trinajstić information content (AvgIpc) is 2.77. The molecular weight excluding hydrogens is 180 g/mol. The molecule has 0 spiro atoms. The van der Waals surface area contributed by atoms with Gasteiger partial charge in [-0.2, -0.15) is 0 Å². The molecule has 1 atom stereocenters. The maximum Gasteiger partial charge on any atom is 0.122 e. The lowest BCUT2D eigenvalue weighted by Crippen LogP contribution is -2.23. The summed E-state index contributed by atoms with van der Waals surface area (Å²) in [4.78, 5) is 2.35. The molecule has 1 unspecified atom stereocenters. The van der Waals surface area contributed by atoms with Crippen LogP contribution in [0.4, 0.5) is 0 Å². The van der Waals surface area contributed by atoms with E-state index in [4.69, 9.17) is 5.73 Å². The van der Waals surface area contributed by atoms with E-state index in [1.165, 1.54) is 6.42 Å². The third-order valence-corrected chi connectivity index (χ3v) is 2.82. The Hall–Kier alpha value is -0.940. The van der Waals surface area contributed by atoms with Crippen LogP contribution in [0.3, 0.4) is 0 Å². The lowest BCUT2D eigenvalue weighted by atomic mass is 10.1. The lowest BCUT2D eigenvalue weighted by molar-refractivity contribution is 0.279. The number of nitrogens with two attached hydrogens (primary N) is 1. The van der Waals surface area contributed by atoms with Crippen molar-refractivity contribution in [2.24, 2.45) is 11.7 Å². The normalized spacial score (nSPS) is 23.1. The number of hydrogen-bond donors (Lipinski definition) is 1. The lowest BCUT2D eigenvalue weighted by Gasteiger charge is -2.13. The summed E-state index contributed by atoms with van der Waals surface area (Å²) in [6, 6.07) is 0. The van der Waals surface area contributed by atoms with Gasteiger partial charge in [-0.1, -0.05) is 10.3 Å². The quantitative estimate of drug-likeness (QED) is 0.745. The number of likely N-dealkylation sites (tertiary alicyclic amines) is 1. The van der Waals surface area contributed by atoms with Gasteiger partial charge in [0.25, 0.3) is 0 Å². The molecule has 1 aromatic rings. The van der Waals surface area contributed by atoms with Gasteiger partial charge in [-0.05, 0) is 32.4 Å². The molecule has 1 aliphatic rings. The number of aromatic nitrogens is 2. The Bertz CT molecular complexity index is 299. The van der Waals surface area contributed by atoms with Gasteiger partial charge in [-0.3, -0.25) is 4.90 Å². The molecule has 14 heavy (non-hydrogen) atoms. The Labute approximate surface area is 83.2 Å². The topological polar surface area (TPSA) is 68.2 Å². The van der Waals surface area contributed by atoms with Crippen molar-refractivity contribution in [3.8, 4) is 0 Å². The molecule has 0 aromatic carbocycles. The number of hydrogen-bond acceptors (Lipinski definition) is 5. The van der Waals surface area contributed by atoms with Crippen molar-refractivity contribution in [1.82, 2.24) is 15.2 Å². The number of rotatable bonds is 3. The number of aryl methyl sites for hydroxylation is 1. The fourth-order valence-corrected chi connectivity index (χ4v) is 1.85. The summed E-state index contributed by atoms with van der Waals surface area (Å²) in [7, 11) is 0. The predicted octanol–water partition coefficient (Wildman–Crippen LogP) is 0.159. The highest BCUT2D eigenvalue weighted by Gasteiger charge is 2.22. The van der Waals surface area contributed by atoms with Gasteiger partial charge in [0.2, 0.25) is 0 Å². The first-order valence-electron chi connectivity index (χ1n) is 5.00. The Morgan fingerprint density at radius 2 is 2.43 bits per heavy atom. The Morgan fingerprint density at radius 3 is 3.00 bits per heavy atom. The van der Waals surface area contributed by atoms with Gasteiger partial charge >= 0.3 is 0 Å². The van der Waals surface area contributed by atoms with E-state index in [1.807, 2.05) is 6.92 Å². The van der Waals surface area contributed by atoms with Crippen LogP contribution < -0.4 is 5.73 Å². The summed E-state index contributed by atoms with van der Waals surface area (Å²) < 4.78 is 4.66. The van der Waals surface area contributed by atoms with Gasteiger partial charge in [0.15, 0.2) is 0 Å². The standard InChI is InChI=1S/C9H16N4O/c1-7-9(12-14-11-7)6-13-3-2-8(4-10)5-13/h8H,2-6,10H2,1H3. The molecule has 1 saturated heterocycles. The third-order valence-electron chi connectivity index (χ3n) is 2.82. The van der Waals surface area contributed by atoms with E-state index >= 15 is 0 Å². The van der Waals surface area contributed by atoms with E-state index in [0.29, 0.717) is 5.92 Å². The SMILES string of the molecule is Cc1nonc1CN1CCC(CN)C1. The summed E-state index contributed by atoms with van der Waals surface area (Å²) in [5, 5.41) is 7.63. The highest BCUT2D eigenvalue weighted by molar-refractivity contribution is 5.04. The molecule has 2 heterocycles. The first-order valence-corrected chi connectivity index (χ1v) is 5.00. The Morgan fingerprint density at radius 1 is 1.57 bits per heavy atom. The van der Waals surface area contributed by atoms with Gasteiger partial charge in [-0.25, -0.2) is 4.63 Å². The summed E-state index contributed by atoms with van der Waals surface area (Å²) in [6.45, 7) is 5.72. The largest absolute Gasteiger partial charge is 0.330 e. The van der Waals surface area contributed by atoms with Crippen molar-refractivity contribution in [2.75, 3.05) is 19.6 Å². The van der Waals surface area contributed by atoms with Gasteiger partial charge in [0, 0.05) is 13.1 Å². The van der Waals surface area contributed by atoms with Crippen molar-refractivity contribution in [1.29, 1.82) is 0 Å². The van der Waals surface area contributed by atoms with E-state index in [1.54, 1.807) is 0 Å². The first-order chi connectivity index (χ1) is 6.79. The van der Waals surface area contributed by atoms with Crippen LogP contribution in [0.1, 0.15) is 17.8 Å². The smallest absolute Gasteiger partial charge is 0.122 e. The van der Waals surface area contributed by atoms with Crippen LogP contribution in [0.5, 0.6) is 0 Å². The Balaban J connectivity index is 1.90. The van der Waals surface area contributed by atoms with Gasteiger partial charge in [0.05, 0.1) is 0 Å². The zero-order valence-corrected chi connectivity index (χ0v) is 8.44. The Kier molecular flexibility index (Phi) is 2.79.